The second kappa shape index (κ2) is 5.64. The van der Waals surface area contributed by atoms with E-state index in [1.165, 1.54) is 71.2 Å². The summed E-state index contributed by atoms with van der Waals surface area (Å²) in [5, 5.41) is 0. The molecule has 24 heavy (non-hydrogen) atoms. The number of hydrogen-bond donors (Lipinski definition) is 0. The van der Waals surface area contributed by atoms with Crippen molar-refractivity contribution >= 4 is 15.8 Å². The van der Waals surface area contributed by atoms with Crippen LogP contribution in [0, 0.1) is 0 Å². The van der Waals surface area contributed by atoms with E-state index in [0.29, 0.717) is 6.23 Å². The third-order valence-electron chi connectivity index (χ3n) is 4.67. The van der Waals surface area contributed by atoms with Gasteiger partial charge in [-0.3, -0.25) is 0 Å². The van der Waals surface area contributed by atoms with Crippen LogP contribution in [-0.2, 0) is 4.52 Å². The van der Waals surface area contributed by atoms with Crippen molar-refractivity contribution in [2.75, 3.05) is 32.7 Å². The van der Waals surface area contributed by atoms with Crippen molar-refractivity contribution in [3.05, 3.63) is 0 Å². The van der Waals surface area contributed by atoms with Crippen LogP contribution in [0.4, 0.5) is 25.2 Å². The maximum atomic E-state index is 9.87. The van der Waals surface area contributed by atoms with Gasteiger partial charge in [0.15, 0.2) is 6.23 Å². The molecule has 1 atom stereocenters. The van der Waals surface area contributed by atoms with E-state index in [-0.39, 0.29) is 0 Å². The average molecular weight is 401 g/mol. The zero-order valence-corrected chi connectivity index (χ0v) is 15.1. The quantitative estimate of drug-likeness (QED) is 0.437. The second-order valence-electron chi connectivity index (χ2n) is 6.66. The summed E-state index contributed by atoms with van der Waals surface area (Å²) in [4.78, 5) is 0. The first-order chi connectivity index (χ1) is 10.9. The summed E-state index contributed by atoms with van der Waals surface area (Å²) in [7, 11) is -12.1. The Morgan fingerprint density at radius 3 is 1.50 bits per heavy atom. The molecule has 0 N–H and O–H groups in total. The van der Waals surface area contributed by atoms with Crippen LogP contribution in [0.1, 0.15) is 38.5 Å². The van der Waals surface area contributed by atoms with Crippen molar-refractivity contribution < 1.29 is 29.7 Å². The number of nitrogens with zero attached hydrogens (tertiary/aromatic N) is 3. The van der Waals surface area contributed by atoms with Crippen molar-refractivity contribution in [2.24, 2.45) is 0 Å². The van der Waals surface area contributed by atoms with Crippen LogP contribution < -0.4 is 0 Å². The van der Waals surface area contributed by atoms with Gasteiger partial charge in [-0.1, -0.05) is 4.67 Å². The minimum atomic E-state index is -10.7. The molecule has 4 fully saturated rings. The van der Waals surface area contributed by atoms with E-state index in [4.69, 9.17) is 4.52 Å². The molecule has 4 aliphatic rings. The molecule has 0 aromatic heterocycles. The third kappa shape index (κ3) is 4.51. The number of rotatable bonds is 2. The number of halogens is 6. The first-order valence-corrected chi connectivity index (χ1v) is 11.9. The number of hydrogen-bond acceptors (Lipinski definition) is 4. The van der Waals surface area contributed by atoms with Gasteiger partial charge >= 0.3 is 40.9 Å². The van der Waals surface area contributed by atoms with Crippen molar-refractivity contribution in [2.45, 2.75) is 44.8 Å². The van der Waals surface area contributed by atoms with Gasteiger partial charge in [0.1, 0.15) is 0 Å². The van der Waals surface area contributed by atoms with E-state index in [1.807, 2.05) is 0 Å². The van der Waals surface area contributed by atoms with E-state index >= 15 is 0 Å². The molecule has 0 aromatic carbocycles. The molecular formula is C12H23F6N3OP2. The van der Waals surface area contributed by atoms with Gasteiger partial charge in [0.05, 0.1) is 0 Å². The van der Waals surface area contributed by atoms with Gasteiger partial charge in [-0.2, -0.15) is 4.52 Å². The fourth-order valence-electron chi connectivity index (χ4n) is 3.87. The van der Waals surface area contributed by atoms with E-state index in [0.717, 1.165) is 0 Å². The molecule has 0 spiro atoms. The van der Waals surface area contributed by atoms with Gasteiger partial charge in [0.2, 0.25) is 0 Å². The molecule has 0 aromatic rings. The van der Waals surface area contributed by atoms with Crippen molar-refractivity contribution in [3.8, 4) is 0 Å². The molecule has 4 heterocycles. The molecule has 0 radical (unpaired) electrons. The van der Waals surface area contributed by atoms with E-state index < -0.39 is 15.8 Å². The van der Waals surface area contributed by atoms with Crippen LogP contribution in [0.2, 0.25) is 0 Å². The molecule has 0 bridgehead atoms. The Morgan fingerprint density at radius 1 is 0.708 bits per heavy atom. The summed E-state index contributed by atoms with van der Waals surface area (Å²) in [6.45, 7) is 6.37. The summed E-state index contributed by atoms with van der Waals surface area (Å²) in [5.41, 5.74) is 0. The Hall–Kier alpha value is 0.280. The average Bonchev–Trinajstić information content (AvgIpc) is 3.10. The van der Waals surface area contributed by atoms with Gasteiger partial charge in [-0.15, -0.1) is 9.34 Å². The summed E-state index contributed by atoms with van der Waals surface area (Å²) >= 11 is 0. The van der Waals surface area contributed by atoms with Crippen LogP contribution in [0.15, 0.2) is 0 Å². The fourth-order valence-corrected chi connectivity index (χ4v) is 8.18. The van der Waals surface area contributed by atoms with E-state index in [9.17, 15) is 25.2 Å². The zero-order valence-electron chi connectivity index (χ0n) is 13.3. The van der Waals surface area contributed by atoms with Crippen molar-refractivity contribution in [1.29, 1.82) is 0 Å². The first-order valence-electron chi connectivity index (χ1n) is 8.28. The predicted octanol–water partition coefficient (Wildman–Crippen LogP) is 5.69. The Labute approximate surface area is 137 Å². The second-order valence-corrected chi connectivity index (χ2v) is 11.5. The summed E-state index contributed by atoms with van der Waals surface area (Å²) < 4.78 is 73.9. The van der Waals surface area contributed by atoms with Gasteiger partial charge < -0.3 is 0 Å². The van der Waals surface area contributed by atoms with Crippen molar-refractivity contribution in [1.82, 2.24) is 14.0 Å². The molecule has 0 saturated carbocycles. The molecule has 4 nitrogen and oxygen atoms in total. The summed E-state index contributed by atoms with van der Waals surface area (Å²) in [5.74, 6) is 0. The molecule has 4 rings (SSSR count). The Kier molecular flexibility index (Phi) is 4.47. The third-order valence-corrected chi connectivity index (χ3v) is 8.60. The van der Waals surface area contributed by atoms with Crippen LogP contribution in [0.25, 0.3) is 0 Å². The van der Waals surface area contributed by atoms with Gasteiger partial charge in [-0.05, 0) is 38.5 Å². The van der Waals surface area contributed by atoms with Crippen LogP contribution in [0.3, 0.4) is 0 Å². The standard InChI is InChI=1S/C12H23N3OP.F6P/c1-2-8-13(7-1)17(14-9-3-4-10-14)15-11-5-6-12(15)16-17;1-7(2,3,4,5)6/h12H,1-11H2;/q+1;-1. The van der Waals surface area contributed by atoms with Crippen molar-refractivity contribution in [3.63, 3.8) is 0 Å². The summed E-state index contributed by atoms with van der Waals surface area (Å²) in [6.07, 6.45) is 8.57. The van der Waals surface area contributed by atoms with Gasteiger partial charge in [0, 0.05) is 32.7 Å². The molecule has 144 valence electrons. The van der Waals surface area contributed by atoms with Gasteiger partial charge in [0.25, 0.3) is 0 Å². The SMILES string of the molecule is C1CCN([P+]2(N3CCCC3)OC3CCCN32)C1.F[P-](F)(F)(F)(F)F. The topological polar surface area (TPSA) is 19.0 Å². The van der Waals surface area contributed by atoms with Gasteiger partial charge in [-0.25, -0.2) is 0 Å². The molecular weight excluding hydrogens is 378 g/mol. The molecule has 1 unspecified atom stereocenters. The first kappa shape index (κ1) is 19.1. The van der Waals surface area contributed by atoms with E-state index in [1.54, 1.807) is 0 Å². The molecule has 4 aliphatic heterocycles. The molecule has 0 aliphatic carbocycles. The maximum absolute atomic E-state index is 10.7. The Balaban J connectivity index is 0.000000209. The zero-order chi connectivity index (χ0) is 17.7. The number of fused-ring (bicyclic) bond motifs is 1. The molecule has 12 heteroatoms. The molecule has 0 amide bonds. The molecule has 4 saturated heterocycles. The Bertz CT molecular complexity index is 441. The van der Waals surface area contributed by atoms with E-state index in [2.05, 4.69) is 14.0 Å². The Morgan fingerprint density at radius 2 is 1.12 bits per heavy atom. The predicted molar refractivity (Wildman–Crippen MR) is 82.9 cm³/mol. The summed E-state index contributed by atoms with van der Waals surface area (Å²) in [6, 6.07) is 0. The fraction of sp³-hybridized carbons (Fsp3) is 1.00. The van der Waals surface area contributed by atoms with Crippen LogP contribution >= 0.6 is 15.8 Å². The normalized spacial score (nSPS) is 34.0. The van der Waals surface area contributed by atoms with Crippen LogP contribution in [-0.4, -0.2) is 53.0 Å². The minimum absolute atomic E-state index is 0.476. The monoisotopic (exact) mass is 401 g/mol. The van der Waals surface area contributed by atoms with Crippen LogP contribution in [0.5, 0.6) is 0 Å².